The zero-order valence-corrected chi connectivity index (χ0v) is 39.5. The van der Waals surface area contributed by atoms with E-state index in [0.29, 0.717) is 0 Å². The largest absolute Gasteiger partial charge is 0.457 e. The number of aromatic nitrogens is 2. The molecule has 8 aromatic carbocycles. The molecule has 0 aliphatic rings. The maximum Gasteiger partial charge on any atom is 0.137 e. The van der Waals surface area contributed by atoms with Crippen LogP contribution in [0.5, 0.6) is 11.5 Å². The van der Waals surface area contributed by atoms with Gasteiger partial charge in [-0.2, -0.15) is 0 Å². The summed E-state index contributed by atoms with van der Waals surface area (Å²) in [4.78, 5) is 4.98. The lowest BCUT2D eigenvalue weighted by atomic mass is 9.82. The van der Waals surface area contributed by atoms with E-state index < -0.39 is 0 Å². The van der Waals surface area contributed by atoms with Crippen molar-refractivity contribution in [2.75, 3.05) is 10.6 Å². The molecular formula is C61H52N4OS. The number of para-hydroxylation sites is 2. The second-order valence-electron chi connectivity index (χ2n) is 19.5. The summed E-state index contributed by atoms with van der Waals surface area (Å²) >= 11 is 1.86. The van der Waals surface area contributed by atoms with Crippen molar-refractivity contribution in [1.82, 2.24) is 9.55 Å². The Morgan fingerprint density at radius 1 is 0.493 bits per heavy atom. The van der Waals surface area contributed by atoms with Crippen LogP contribution >= 0.6 is 11.3 Å². The van der Waals surface area contributed by atoms with Crippen molar-refractivity contribution >= 4 is 76.1 Å². The molecule has 0 saturated heterocycles. The SMILES string of the molecule is CC(C)(C)c1ccnc(-n2c3cc(Oc4cccc(Nc5ccccc5Nc5c(-c6ccccc6)cc(C(C)(C)C)cc5-c5ccccc5)c4)ccc3c3c4sc5ccccc5c4ccc32)c1. The van der Waals surface area contributed by atoms with Gasteiger partial charge in [0.05, 0.1) is 28.1 Å². The minimum absolute atomic E-state index is 0.0347. The normalized spacial score (nSPS) is 12.0. The van der Waals surface area contributed by atoms with E-state index in [1.54, 1.807) is 0 Å². The van der Waals surface area contributed by atoms with Crippen molar-refractivity contribution in [3.8, 4) is 39.6 Å². The summed E-state index contributed by atoms with van der Waals surface area (Å²) in [5.74, 6) is 2.36. The molecular weight excluding hydrogens is 837 g/mol. The van der Waals surface area contributed by atoms with Crippen LogP contribution in [0, 0.1) is 0 Å². The molecule has 0 aliphatic carbocycles. The van der Waals surface area contributed by atoms with Gasteiger partial charge in [-0.25, -0.2) is 4.98 Å². The van der Waals surface area contributed by atoms with Crippen molar-refractivity contribution in [2.24, 2.45) is 0 Å². The summed E-state index contributed by atoms with van der Waals surface area (Å²) in [5.41, 5.74) is 13.1. The minimum Gasteiger partial charge on any atom is -0.457 e. The highest BCUT2D eigenvalue weighted by molar-refractivity contribution is 7.26. The van der Waals surface area contributed by atoms with E-state index in [0.717, 1.165) is 73.4 Å². The lowest BCUT2D eigenvalue weighted by Crippen LogP contribution is -2.12. The Labute approximate surface area is 396 Å². The van der Waals surface area contributed by atoms with E-state index in [-0.39, 0.29) is 10.8 Å². The summed E-state index contributed by atoms with van der Waals surface area (Å²) in [6.07, 6.45) is 1.94. The Bertz CT molecular complexity index is 3570. The first-order valence-corrected chi connectivity index (χ1v) is 23.8. The number of nitrogens with zero attached hydrogens (tertiary/aromatic N) is 2. The average Bonchev–Trinajstić information content (AvgIpc) is 3.88. The number of nitrogens with one attached hydrogen (secondary N) is 2. The molecule has 328 valence electrons. The fourth-order valence-electron chi connectivity index (χ4n) is 9.25. The number of anilines is 4. The third-order valence-electron chi connectivity index (χ3n) is 12.8. The van der Waals surface area contributed by atoms with Crippen LogP contribution in [0.4, 0.5) is 22.7 Å². The fraction of sp³-hybridized carbons (Fsp3) is 0.131. The van der Waals surface area contributed by atoms with Crippen LogP contribution in [0.2, 0.25) is 0 Å². The van der Waals surface area contributed by atoms with Crippen LogP contribution in [0.25, 0.3) is 70.0 Å². The smallest absolute Gasteiger partial charge is 0.137 e. The number of hydrogen-bond acceptors (Lipinski definition) is 5. The van der Waals surface area contributed by atoms with Gasteiger partial charge in [-0.05, 0) is 106 Å². The molecule has 0 fully saturated rings. The Morgan fingerprint density at radius 3 is 1.82 bits per heavy atom. The van der Waals surface area contributed by atoms with Crippen molar-refractivity contribution in [3.05, 3.63) is 205 Å². The van der Waals surface area contributed by atoms with Crippen LogP contribution < -0.4 is 15.4 Å². The van der Waals surface area contributed by atoms with E-state index in [4.69, 9.17) is 9.72 Å². The summed E-state index contributed by atoms with van der Waals surface area (Å²) in [7, 11) is 0. The standard InChI is InChI=1S/C61H52N4OS/c1-60(2,3)41-32-33-62-56(36-41)65-53-31-30-47-46-24-13-16-27-55(46)67-59(47)57(53)48-29-28-45(38-54(48)65)66-44-23-17-22-43(37-44)63-51-25-14-15-26-52(51)64-58-49(39-18-9-7-10-19-39)34-42(61(4,5)6)35-50(58)40-20-11-8-12-21-40/h7-38,63-64H,1-6H3. The predicted molar refractivity (Wildman–Crippen MR) is 286 cm³/mol. The predicted octanol–water partition coefficient (Wildman–Crippen LogP) is 17.8. The summed E-state index contributed by atoms with van der Waals surface area (Å²) in [6, 6.07) is 66.7. The average molecular weight is 889 g/mol. The van der Waals surface area contributed by atoms with Crippen LogP contribution in [-0.2, 0) is 10.8 Å². The van der Waals surface area contributed by atoms with Crippen molar-refractivity contribution in [2.45, 2.75) is 52.4 Å². The molecule has 3 heterocycles. The van der Waals surface area contributed by atoms with Gasteiger partial charge in [0.15, 0.2) is 0 Å². The van der Waals surface area contributed by atoms with E-state index in [9.17, 15) is 0 Å². The lowest BCUT2D eigenvalue weighted by molar-refractivity contribution is 0.483. The van der Waals surface area contributed by atoms with Gasteiger partial charge >= 0.3 is 0 Å². The Balaban J connectivity index is 0.965. The molecule has 0 amide bonds. The van der Waals surface area contributed by atoms with E-state index in [1.165, 1.54) is 42.1 Å². The molecule has 11 aromatic rings. The number of benzene rings is 8. The highest BCUT2D eigenvalue weighted by Crippen LogP contribution is 2.46. The first-order valence-electron chi connectivity index (χ1n) is 23.0. The summed E-state index contributed by atoms with van der Waals surface area (Å²) in [5, 5.41) is 12.6. The Morgan fingerprint density at radius 2 is 1.12 bits per heavy atom. The second-order valence-corrected chi connectivity index (χ2v) is 20.5. The molecule has 0 aliphatic heterocycles. The highest BCUT2D eigenvalue weighted by Gasteiger charge is 2.23. The van der Waals surface area contributed by atoms with Crippen molar-refractivity contribution in [1.29, 1.82) is 0 Å². The first-order chi connectivity index (χ1) is 32.5. The van der Waals surface area contributed by atoms with E-state index >= 15 is 0 Å². The minimum atomic E-state index is -0.0516. The summed E-state index contributed by atoms with van der Waals surface area (Å²) < 4.78 is 11.6. The number of fused-ring (bicyclic) bond motifs is 7. The second kappa shape index (κ2) is 16.6. The molecule has 11 rings (SSSR count). The third kappa shape index (κ3) is 7.98. The van der Waals surface area contributed by atoms with Gasteiger partial charge in [0, 0.05) is 66.1 Å². The van der Waals surface area contributed by atoms with Gasteiger partial charge in [0.1, 0.15) is 17.3 Å². The first kappa shape index (κ1) is 42.0. The zero-order chi connectivity index (χ0) is 45.9. The fourth-order valence-corrected chi connectivity index (χ4v) is 10.5. The van der Waals surface area contributed by atoms with Crippen LogP contribution in [0.1, 0.15) is 52.7 Å². The van der Waals surface area contributed by atoms with E-state index in [2.05, 4.69) is 233 Å². The molecule has 3 aromatic heterocycles. The lowest BCUT2D eigenvalue weighted by Gasteiger charge is -2.26. The van der Waals surface area contributed by atoms with Crippen LogP contribution in [0.15, 0.2) is 194 Å². The van der Waals surface area contributed by atoms with Crippen LogP contribution in [-0.4, -0.2) is 9.55 Å². The number of thiophene rings is 1. The molecule has 6 heteroatoms. The van der Waals surface area contributed by atoms with Gasteiger partial charge < -0.3 is 15.4 Å². The molecule has 0 radical (unpaired) electrons. The third-order valence-corrected chi connectivity index (χ3v) is 14.0. The topological polar surface area (TPSA) is 51.1 Å². The van der Waals surface area contributed by atoms with E-state index in [1.807, 2.05) is 29.7 Å². The van der Waals surface area contributed by atoms with Crippen LogP contribution in [0.3, 0.4) is 0 Å². The molecule has 2 N–H and O–H groups in total. The highest BCUT2D eigenvalue weighted by atomic mass is 32.1. The Hall–Kier alpha value is -7.67. The summed E-state index contributed by atoms with van der Waals surface area (Å²) in [6.45, 7) is 13.6. The van der Waals surface area contributed by atoms with Crippen molar-refractivity contribution in [3.63, 3.8) is 0 Å². The Kier molecular flexibility index (Phi) is 10.4. The number of pyridine rings is 1. The van der Waals surface area contributed by atoms with Crippen molar-refractivity contribution < 1.29 is 4.74 Å². The van der Waals surface area contributed by atoms with Gasteiger partial charge in [-0.1, -0.05) is 145 Å². The van der Waals surface area contributed by atoms with Gasteiger partial charge in [-0.15, -0.1) is 11.3 Å². The molecule has 0 atom stereocenters. The molecule has 0 bridgehead atoms. The molecule has 5 nitrogen and oxygen atoms in total. The number of hydrogen-bond donors (Lipinski definition) is 2. The quantitative estimate of drug-likeness (QED) is 0.152. The van der Waals surface area contributed by atoms with Gasteiger partial charge in [-0.3, -0.25) is 4.57 Å². The monoisotopic (exact) mass is 888 g/mol. The number of rotatable bonds is 9. The molecule has 67 heavy (non-hydrogen) atoms. The molecule has 0 saturated carbocycles. The van der Waals surface area contributed by atoms with Gasteiger partial charge in [0.2, 0.25) is 0 Å². The zero-order valence-electron chi connectivity index (χ0n) is 38.7. The molecule has 0 unspecified atom stereocenters. The maximum atomic E-state index is 6.77. The van der Waals surface area contributed by atoms with Gasteiger partial charge in [0.25, 0.3) is 0 Å². The maximum absolute atomic E-state index is 6.77. The number of ether oxygens (including phenoxy) is 1. The molecule has 0 spiro atoms.